The van der Waals surface area contributed by atoms with Crippen molar-refractivity contribution in [1.29, 1.82) is 0 Å². The molecule has 28 heavy (non-hydrogen) atoms. The normalized spacial score (nSPS) is 11.8. The molecule has 0 aliphatic rings. The second-order valence-electron chi connectivity index (χ2n) is 6.68. The molecular weight excluding hydrogens is 354 g/mol. The Morgan fingerprint density at radius 2 is 2.00 bits per heavy atom. The van der Waals surface area contributed by atoms with Crippen LogP contribution in [0.4, 0.5) is 5.69 Å². The van der Waals surface area contributed by atoms with Crippen LogP contribution in [0.15, 0.2) is 59.9 Å². The van der Waals surface area contributed by atoms with Gasteiger partial charge in [-0.05, 0) is 37.5 Å². The molecule has 0 bridgehead atoms. The van der Waals surface area contributed by atoms with Crippen LogP contribution in [0.25, 0.3) is 10.9 Å². The van der Waals surface area contributed by atoms with Gasteiger partial charge < -0.3 is 14.8 Å². The Morgan fingerprint density at radius 3 is 2.75 bits per heavy atom. The Hall–Kier alpha value is -3.15. The van der Waals surface area contributed by atoms with Gasteiger partial charge in [0.15, 0.2) is 0 Å². The van der Waals surface area contributed by atoms with E-state index in [-0.39, 0.29) is 6.04 Å². The van der Waals surface area contributed by atoms with Crippen LogP contribution in [-0.2, 0) is 6.61 Å². The van der Waals surface area contributed by atoms with Gasteiger partial charge in [0, 0.05) is 24.2 Å². The number of nitrogens with one attached hydrogen (secondary N) is 1. The van der Waals surface area contributed by atoms with Crippen LogP contribution in [-0.4, -0.2) is 24.7 Å². The quantitative estimate of drug-likeness (QED) is 0.389. The number of nitrogens with zero attached hydrogens (tertiary/aromatic N) is 2. The van der Waals surface area contributed by atoms with Crippen LogP contribution in [0, 0.1) is 4.91 Å². The Labute approximate surface area is 164 Å². The third kappa shape index (κ3) is 4.97. The van der Waals surface area contributed by atoms with Crippen molar-refractivity contribution in [3.63, 3.8) is 0 Å². The average Bonchev–Trinajstić information content (AvgIpc) is 2.75. The fourth-order valence-electron chi connectivity index (χ4n) is 2.99. The first-order valence-electron chi connectivity index (χ1n) is 9.41. The lowest BCUT2D eigenvalue weighted by Gasteiger charge is -2.14. The third-order valence-electron chi connectivity index (χ3n) is 4.55. The molecule has 1 N–H and O–H groups in total. The highest BCUT2D eigenvalue weighted by Gasteiger charge is 2.11. The molecule has 0 spiro atoms. The second kappa shape index (κ2) is 9.69. The van der Waals surface area contributed by atoms with E-state index in [1.54, 1.807) is 13.3 Å². The van der Waals surface area contributed by atoms with Crippen molar-refractivity contribution in [1.82, 2.24) is 4.98 Å². The zero-order valence-electron chi connectivity index (χ0n) is 16.2. The zero-order chi connectivity index (χ0) is 19.8. The predicted molar refractivity (Wildman–Crippen MR) is 112 cm³/mol. The fourth-order valence-corrected chi connectivity index (χ4v) is 2.99. The van der Waals surface area contributed by atoms with Crippen molar-refractivity contribution in [3.8, 4) is 11.5 Å². The van der Waals surface area contributed by atoms with Gasteiger partial charge in [-0.3, -0.25) is 4.98 Å². The minimum Gasteiger partial charge on any atom is -0.497 e. The van der Waals surface area contributed by atoms with Gasteiger partial charge in [-0.1, -0.05) is 35.5 Å². The number of fused-ring (bicyclic) bond motifs is 1. The molecule has 146 valence electrons. The van der Waals surface area contributed by atoms with Gasteiger partial charge in [0.2, 0.25) is 0 Å². The number of aromatic nitrogens is 1. The van der Waals surface area contributed by atoms with Crippen molar-refractivity contribution in [2.45, 2.75) is 32.4 Å². The smallest absolute Gasteiger partial charge is 0.130 e. The average molecular weight is 379 g/mol. The van der Waals surface area contributed by atoms with E-state index in [1.165, 1.54) is 0 Å². The molecule has 3 aromatic rings. The van der Waals surface area contributed by atoms with E-state index in [9.17, 15) is 4.91 Å². The van der Waals surface area contributed by atoms with E-state index in [2.05, 4.69) is 15.5 Å². The van der Waals surface area contributed by atoms with Crippen LogP contribution < -0.4 is 14.8 Å². The molecule has 3 rings (SSSR count). The van der Waals surface area contributed by atoms with E-state index >= 15 is 0 Å². The SMILES string of the molecule is COc1cc(NCCCC(C)N=O)c2nccc(OCc3ccccc3)c2c1. The first-order chi connectivity index (χ1) is 13.7. The van der Waals surface area contributed by atoms with Crippen LogP contribution in [0.1, 0.15) is 25.3 Å². The molecule has 1 aromatic heterocycles. The molecule has 0 saturated carbocycles. The molecule has 0 fully saturated rings. The molecule has 0 aliphatic heterocycles. The van der Waals surface area contributed by atoms with Crippen molar-refractivity contribution in [3.05, 3.63) is 65.2 Å². The number of benzene rings is 2. The lowest BCUT2D eigenvalue weighted by Crippen LogP contribution is -2.06. The van der Waals surface area contributed by atoms with Crippen LogP contribution in [0.3, 0.4) is 0 Å². The largest absolute Gasteiger partial charge is 0.497 e. The Bertz CT molecular complexity index is 916. The number of methoxy groups -OCH3 is 1. The summed E-state index contributed by atoms with van der Waals surface area (Å²) < 4.78 is 11.5. The monoisotopic (exact) mass is 379 g/mol. The maximum Gasteiger partial charge on any atom is 0.130 e. The lowest BCUT2D eigenvalue weighted by molar-refractivity contribution is 0.309. The summed E-state index contributed by atoms with van der Waals surface area (Å²) >= 11 is 0. The van der Waals surface area contributed by atoms with Crippen LogP contribution >= 0.6 is 0 Å². The van der Waals surface area contributed by atoms with Gasteiger partial charge in [0.1, 0.15) is 18.1 Å². The number of hydrogen-bond donors (Lipinski definition) is 1. The van der Waals surface area contributed by atoms with Crippen molar-refractivity contribution in [2.75, 3.05) is 19.0 Å². The standard InChI is InChI=1S/C22H25N3O3/c1-16(25-26)7-6-11-23-20-14-18(27-2)13-19-21(10-12-24-22(19)20)28-15-17-8-4-3-5-9-17/h3-5,8-10,12-14,16,23H,6-7,11,15H2,1-2H3. The molecule has 6 nitrogen and oxygen atoms in total. The molecule has 1 heterocycles. The maximum atomic E-state index is 10.5. The van der Waals surface area contributed by atoms with E-state index in [0.717, 1.165) is 53.0 Å². The number of hydrogen-bond acceptors (Lipinski definition) is 6. The number of nitroso groups, excluding NO2 is 1. The van der Waals surface area contributed by atoms with Crippen molar-refractivity contribution in [2.24, 2.45) is 5.18 Å². The van der Waals surface area contributed by atoms with Crippen molar-refractivity contribution >= 4 is 16.6 Å². The summed E-state index contributed by atoms with van der Waals surface area (Å²) in [5.74, 6) is 1.49. The van der Waals surface area contributed by atoms with E-state index in [4.69, 9.17) is 9.47 Å². The summed E-state index contributed by atoms with van der Waals surface area (Å²) in [6, 6.07) is 15.6. The van der Waals surface area contributed by atoms with E-state index in [1.807, 2.05) is 55.5 Å². The predicted octanol–water partition coefficient (Wildman–Crippen LogP) is 5.17. The highest BCUT2D eigenvalue weighted by atomic mass is 16.5. The van der Waals surface area contributed by atoms with Gasteiger partial charge in [-0.15, -0.1) is 0 Å². The van der Waals surface area contributed by atoms with Gasteiger partial charge in [-0.2, -0.15) is 4.91 Å². The molecule has 0 amide bonds. The molecule has 6 heteroatoms. The highest BCUT2D eigenvalue weighted by Crippen LogP contribution is 2.34. The van der Waals surface area contributed by atoms with Gasteiger partial charge in [-0.25, -0.2) is 0 Å². The number of ether oxygens (including phenoxy) is 2. The lowest BCUT2D eigenvalue weighted by atomic mass is 10.1. The maximum absolute atomic E-state index is 10.5. The van der Waals surface area contributed by atoms with Crippen LogP contribution in [0.2, 0.25) is 0 Å². The van der Waals surface area contributed by atoms with Gasteiger partial charge in [0.25, 0.3) is 0 Å². The molecular formula is C22H25N3O3. The molecule has 1 atom stereocenters. The first kappa shape index (κ1) is 19.6. The molecule has 0 saturated heterocycles. The van der Waals surface area contributed by atoms with E-state index < -0.39 is 0 Å². The summed E-state index contributed by atoms with van der Waals surface area (Å²) in [5, 5.41) is 7.33. The molecule has 2 aromatic carbocycles. The number of pyridine rings is 1. The zero-order valence-corrected chi connectivity index (χ0v) is 16.2. The summed E-state index contributed by atoms with van der Waals surface area (Å²) in [6.45, 7) is 3.03. The van der Waals surface area contributed by atoms with Crippen molar-refractivity contribution < 1.29 is 9.47 Å². The summed E-state index contributed by atoms with van der Waals surface area (Å²) in [4.78, 5) is 15.1. The Kier molecular flexibility index (Phi) is 6.78. The highest BCUT2D eigenvalue weighted by molar-refractivity contribution is 5.95. The molecule has 1 unspecified atom stereocenters. The number of anilines is 1. The molecule has 0 aliphatic carbocycles. The first-order valence-corrected chi connectivity index (χ1v) is 9.41. The summed E-state index contributed by atoms with van der Waals surface area (Å²) in [7, 11) is 1.64. The van der Waals surface area contributed by atoms with Crippen LogP contribution in [0.5, 0.6) is 11.5 Å². The topological polar surface area (TPSA) is 72.8 Å². The van der Waals surface area contributed by atoms with Gasteiger partial charge >= 0.3 is 0 Å². The van der Waals surface area contributed by atoms with E-state index in [0.29, 0.717) is 6.61 Å². The third-order valence-corrected chi connectivity index (χ3v) is 4.55. The summed E-state index contributed by atoms with van der Waals surface area (Å²) in [5.41, 5.74) is 2.81. The molecule has 0 radical (unpaired) electrons. The minimum atomic E-state index is -0.167. The number of rotatable bonds is 10. The Morgan fingerprint density at radius 1 is 1.18 bits per heavy atom. The van der Waals surface area contributed by atoms with Gasteiger partial charge in [0.05, 0.1) is 24.4 Å². The fraction of sp³-hybridized carbons (Fsp3) is 0.318. The second-order valence-corrected chi connectivity index (χ2v) is 6.68. The minimum absolute atomic E-state index is 0.167. The summed E-state index contributed by atoms with van der Waals surface area (Å²) in [6.07, 6.45) is 3.34. The Balaban J connectivity index is 1.80.